The minimum Gasteiger partial charge on any atom is -0.466 e. The predicted molar refractivity (Wildman–Crippen MR) is 151 cm³/mol. The highest BCUT2D eigenvalue weighted by Gasteiger charge is 2.36. The molecule has 4 rings (SSSR count). The van der Waals surface area contributed by atoms with E-state index in [1.54, 1.807) is 0 Å². The van der Waals surface area contributed by atoms with Gasteiger partial charge in [0, 0.05) is 36.5 Å². The van der Waals surface area contributed by atoms with Crippen molar-refractivity contribution in [3.05, 3.63) is 83.9 Å². The van der Waals surface area contributed by atoms with Crippen LogP contribution in [0.4, 0.5) is 0 Å². The van der Waals surface area contributed by atoms with E-state index >= 15 is 0 Å². The number of rotatable bonds is 13. The van der Waals surface area contributed by atoms with Crippen LogP contribution in [0.5, 0.6) is 0 Å². The number of methoxy groups -OCH3 is 1. The number of ether oxygens (including phenoxy) is 5. The molecule has 0 saturated carbocycles. The molecule has 0 amide bonds. The fourth-order valence-corrected chi connectivity index (χ4v) is 5.40. The van der Waals surface area contributed by atoms with Gasteiger partial charge in [0.05, 0.1) is 31.5 Å². The SMILES string of the molecule is CCCCCCC[C@@H]1C[C@H](C[C@@H]2C[C@H](C/C=C\C(=O)OC)O[C@H](c3ccccc3)O2)O[C@H](c2ccccc2)O1. The van der Waals surface area contributed by atoms with Gasteiger partial charge in [-0.3, -0.25) is 0 Å². The summed E-state index contributed by atoms with van der Waals surface area (Å²) in [6.07, 6.45) is 12.8. The second-order valence-corrected chi connectivity index (χ2v) is 10.6. The molecule has 0 radical (unpaired) electrons. The summed E-state index contributed by atoms with van der Waals surface area (Å²) >= 11 is 0. The van der Waals surface area contributed by atoms with E-state index in [2.05, 4.69) is 19.1 Å². The molecule has 39 heavy (non-hydrogen) atoms. The van der Waals surface area contributed by atoms with E-state index in [1.165, 1.54) is 45.3 Å². The first-order valence-electron chi connectivity index (χ1n) is 14.6. The maximum Gasteiger partial charge on any atom is 0.330 e. The molecule has 2 heterocycles. The van der Waals surface area contributed by atoms with Gasteiger partial charge in [0.2, 0.25) is 0 Å². The van der Waals surface area contributed by atoms with E-state index in [-0.39, 0.29) is 36.7 Å². The van der Waals surface area contributed by atoms with Gasteiger partial charge in [0.15, 0.2) is 12.6 Å². The van der Waals surface area contributed by atoms with Crippen molar-refractivity contribution >= 4 is 5.97 Å². The first-order chi connectivity index (χ1) is 19.1. The lowest BCUT2D eigenvalue weighted by Crippen LogP contribution is -2.40. The molecule has 0 aromatic heterocycles. The van der Waals surface area contributed by atoms with Crippen LogP contribution in [0.25, 0.3) is 0 Å². The van der Waals surface area contributed by atoms with Gasteiger partial charge in [-0.15, -0.1) is 0 Å². The number of carbonyl (C=O) groups excluding carboxylic acids is 1. The summed E-state index contributed by atoms with van der Waals surface area (Å²) in [6.45, 7) is 2.25. The van der Waals surface area contributed by atoms with Crippen LogP contribution in [0.15, 0.2) is 72.8 Å². The average molecular weight is 537 g/mol. The Bertz CT molecular complexity index is 994. The predicted octanol–water partition coefficient (Wildman–Crippen LogP) is 7.60. The molecule has 0 N–H and O–H groups in total. The highest BCUT2D eigenvalue weighted by atomic mass is 16.7. The normalized spacial score (nSPS) is 27.4. The van der Waals surface area contributed by atoms with Crippen molar-refractivity contribution in [3.63, 3.8) is 0 Å². The third-order valence-corrected chi connectivity index (χ3v) is 7.47. The maximum atomic E-state index is 11.6. The molecule has 2 aliphatic rings. The van der Waals surface area contributed by atoms with Crippen molar-refractivity contribution < 1.29 is 28.5 Å². The topological polar surface area (TPSA) is 63.2 Å². The Labute approximate surface area is 233 Å². The largest absolute Gasteiger partial charge is 0.466 e. The number of esters is 1. The van der Waals surface area contributed by atoms with E-state index in [9.17, 15) is 4.79 Å². The van der Waals surface area contributed by atoms with E-state index in [4.69, 9.17) is 23.7 Å². The van der Waals surface area contributed by atoms with Gasteiger partial charge in [-0.1, -0.05) is 106 Å². The van der Waals surface area contributed by atoms with Crippen molar-refractivity contribution in [1.82, 2.24) is 0 Å². The Morgan fingerprint density at radius 2 is 1.31 bits per heavy atom. The van der Waals surface area contributed by atoms with Crippen LogP contribution >= 0.6 is 0 Å². The van der Waals surface area contributed by atoms with Crippen molar-refractivity contribution in [2.75, 3.05) is 7.11 Å². The third kappa shape index (κ3) is 9.57. The number of hydrogen-bond acceptors (Lipinski definition) is 6. The second-order valence-electron chi connectivity index (χ2n) is 10.6. The van der Waals surface area contributed by atoms with E-state index < -0.39 is 6.29 Å². The van der Waals surface area contributed by atoms with Gasteiger partial charge in [-0.25, -0.2) is 4.79 Å². The monoisotopic (exact) mass is 536 g/mol. The summed E-state index contributed by atoms with van der Waals surface area (Å²) in [5, 5.41) is 0. The molecule has 212 valence electrons. The van der Waals surface area contributed by atoms with Gasteiger partial charge in [0.25, 0.3) is 0 Å². The fraction of sp³-hybridized carbons (Fsp3) is 0.545. The second kappa shape index (κ2) is 15.9. The highest BCUT2D eigenvalue weighted by molar-refractivity contribution is 5.81. The molecule has 0 spiro atoms. The first-order valence-corrected chi connectivity index (χ1v) is 14.6. The summed E-state index contributed by atoms with van der Waals surface area (Å²) in [5.74, 6) is -0.360. The number of benzene rings is 2. The standard InChI is InChI=1S/C33H44O6/c1-3-4-5-6-13-19-27-22-29(38-32(36-27)25-15-9-7-10-16-25)24-30-23-28(20-14-21-31(34)35-2)37-33(39-30)26-17-11-8-12-18-26/h7-12,14-18,21,27-30,32-33H,3-6,13,19-20,22-24H2,1-2H3/b21-14-/t27-,28+,29-,30+,32-,33+/m1/s1. The molecule has 2 saturated heterocycles. The first kappa shape index (κ1) is 29.5. The summed E-state index contributed by atoms with van der Waals surface area (Å²) < 4.78 is 30.5. The molecule has 0 bridgehead atoms. The third-order valence-electron chi connectivity index (χ3n) is 7.47. The minimum atomic E-state index is -0.458. The molecule has 0 unspecified atom stereocenters. The van der Waals surface area contributed by atoms with Crippen molar-refractivity contribution in [2.24, 2.45) is 0 Å². The Hall–Kier alpha value is -2.51. The molecular weight excluding hydrogens is 492 g/mol. The Kier molecular flexibility index (Phi) is 12.0. The number of carbonyl (C=O) groups is 1. The highest BCUT2D eigenvalue weighted by Crippen LogP contribution is 2.38. The molecule has 2 aliphatic heterocycles. The van der Waals surface area contributed by atoms with Crippen LogP contribution in [-0.4, -0.2) is 37.5 Å². The zero-order chi connectivity index (χ0) is 27.3. The van der Waals surface area contributed by atoms with Crippen LogP contribution in [0.1, 0.15) is 94.8 Å². The summed E-state index contributed by atoms with van der Waals surface area (Å²) in [4.78, 5) is 11.6. The molecule has 2 aromatic rings. The molecule has 2 aromatic carbocycles. The Balaban J connectivity index is 1.43. The molecule has 6 nitrogen and oxygen atoms in total. The summed E-state index contributed by atoms with van der Waals surface area (Å²) in [5.41, 5.74) is 2.04. The van der Waals surface area contributed by atoms with Gasteiger partial charge < -0.3 is 23.7 Å². The van der Waals surface area contributed by atoms with Crippen LogP contribution in [-0.2, 0) is 28.5 Å². The summed E-state index contributed by atoms with van der Waals surface area (Å²) in [6, 6.07) is 20.3. The molecule has 0 aliphatic carbocycles. The van der Waals surface area contributed by atoms with Gasteiger partial charge in [-0.2, -0.15) is 0 Å². The summed E-state index contributed by atoms with van der Waals surface area (Å²) in [7, 11) is 1.38. The Morgan fingerprint density at radius 3 is 1.90 bits per heavy atom. The lowest BCUT2D eigenvalue weighted by molar-refractivity contribution is -0.277. The fourth-order valence-electron chi connectivity index (χ4n) is 5.40. The van der Waals surface area contributed by atoms with Gasteiger partial charge in [-0.05, 0) is 12.8 Å². The zero-order valence-corrected chi connectivity index (χ0v) is 23.4. The van der Waals surface area contributed by atoms with E-state index in [1.807, 2.05) is 54.6 Å². The van der Waals surface area contributed by atoms with E-state index in [0.717, 1.165) is 36.8 Å². The quantitative estimate of drug-likeness (QED) is 0.149. The van der Waals surface area contributed by atoms with Crippen LogP contribution in [0.2, 0.25) is 0 Å². The number of unbranched alkanes of at least 4 members (excludes halogenated alkanes) is 4. The average Bonchev–Trinajstić information content (AvgIpc) is 2.97. The lowest BCUT2D eigenvalue weighted by Gasteiger charge is -2.40. The van der Waals surface area contributed by atoms with Crippen LogP contribution in [0, 0.1) is 0 Å². The zero-order valence-electron chi connectivity index (χ0n) is 23.4. The molecule has 6 atom stereocenters. The van der Waals surface area contributed by atoms with Crippen molar-refractivity contribution in [1.29, 1.82) is 0 Å². The van der Waals surface area contributed by atoms with Gasteiger partial charge in [0.1, 0.15) is 0 Å². The molecule has 2 fully saturated rings. The van der Waals surface area contributed by atoms with Crippen LogP contribution in [0.3, 0.4) is 0 Å². The number of hydrogen-bond donors (Lipinski definition) is 0. The Morgan fingerprint density at radius 1 is 0.769 bits per heavy atom. The smallest absolute Gasteiger partial charge is 0.330 e. The van der Waals surface area contributed by atoms with E-state index in [0.29, 0.717) is 6.42 Å². The molecular formula is C33H44O6. The lowest BCUT2D eigenvalue weighted by atomic mass is 9.95. The maximum absolute atomic E-state index is 11.6. The van der Waals surface area contributed by atoms with Gasteiger partial charge >= 0.3 is 5.97 Å². The minimum absolute atomic E-state index is 0.0235. The molecule has 6 heteroatoms. The van der Waals surface area contributed by atoms with Crippen molar-refractivity contribution in [3.8, 4) is 0 Å². The van der Waals surface area contributed by atoms with Crippen LogP contribution < -0.4 is 0 Å². The van der Waals surface area contributed by atoms with Crippen molar-refractivity contribution in [2.45, 2.75) is 108 Å².